The van der Waals surface area contributed by atoms with E-state index in [4.69, 9.17) is 0 Å². The minimum atomic E-state index is -3.80. The van der Waals surface area contributed by atoms with E-state index in [1.807, 2.05) is 88.4 Å². The summed E-state index contributed by atoms with van der Waals surface area (Å²) in [5.41, 5.74) is 4.96. The maximum Gasteiger partial charge on any atom is 0.244 e. The Hall–Kier alpha value is -3.65. The highest BCUT2D eigenvalue weighted by atomic mass is 32.2. The van der Waals surface area contributed by atoms with Crippen LogP contribution in [0.3, 0.4) is 0 Å². The molecule has 0 aliphatic heterocycles. The highest BCUT2D eigenvalue weighted by Crippen LogP contribution is 2.26. The lowest BCUT2D eigenvalue weighted by atomic mass is 10.0. The Labute approximate surface area is 232 Å². The minimum absolute atomic E-state index is 0.169. The summed E-state index contributed by atoms with van der Waals surface area (Å²) in [5, 5.41) is 2.95. The van der Waals surface area contributed by atoms with Gasteiger partial charge in [-0.3, -0.25) is 13.9 Å². The average Bonchev–Trinajstić information content (AvgIpc) is 2.89. The molecule has 0 aliphatic rings. The lowest BCUT2D eigenvalue weighted by Gasteiger charge is -2.34. The highest BCUT2D eigenvalue weighted by molar-refractivity contribution is 7.92. The van der Waals surface area contributed by atoms with Gasteiger partial charge in [0.25, 0.3) is 0 Å². The minimum Gasteiger partial charge on any atom is -0.354 e. The third-order valence-corrected chi connectivity index (χ3v) is 7.91. The van der Waals surface area contributed by atoms with E-state index < -0.39 is 28.5 Å². The van der Waals surface area contributed by atoms with Crippen molar-refractivity contribution in [2.24, 2.45) is 0 Å². The molecule has 0 bridgehead atoms. The van der Waals surface area contributed by atoms with Gasteiger partial charge in [-0.2, -0.15) is 0 Å². The normalized spacial score (nSPS) is 12.0. The Kier molecular flexibility index (Phi) is 10.3. The second-order valence-corrected chi connectivity index (χ2v) is 11.9. The molecule has 3 rings (SSSR count). The zero-order chi connectivity index (χ0) is 28.6. The van der Waals surface area contributed by atoms with Crippen molar-refractivity contribution in [1.29, 1.82) is 0 Å². The monoisotopic (exact) mass is 549 g/mol. The number of amides is 2. The van der Waals surface area contributed by atoms with Crippen LogP contribution in [0.25, 0.3) is 0 Å². The third kappa shape index (κ3) is 8.17. The number of nitrogens with zero attached hydrogens (tertiary/aromatic N) is 2. The number of hydrogen-bond donors (Lipinski definition) is 1. The summed E-state index contributed by atoms with van der Waals surface area (Å²) in [6.45, 7) is 7.92. The number of carbonyl (C=O) groups is 2. The van der Waals surface area contributed by atoms with Gasteiger partial charge < -0.3 is 10.2 Å². The number of rotatable bonds is 12. The summed E-state index contributed by atoms with van der Waals surface area (Å²) in [4.78, 5) is 29.2. The first-order valence-corrected chi connectivity index (χ1v) is 15.1. The molecule has 1 atom stereocenters. The van der Waals surface area contributed by atoms with Gasteiger partial charge in [0.15, 0.2) is 0 Å². The molecule has 0 radical (unpaired) electrons. The first kappa shape index (κ1) is 29.9. The fourth-order valence-corrected chi connectivity index (χ4v) is 5.43. The van der Waals surface area contributed by atoms with E-state index in [1.165, 1.54) is 4.90 Å². The third-order valence-electron chi connectivity index (χ3n) is 6.78. The number of hydrogen-bond acceptors (Lipinski definition) is 4. The van der Waals surface area contributed by atoms with E-state index in [9.17, 15) is 18.0 Å². The Morgan fingerprint density at radius 1 is 0.897 bits per heavy atom. The molecule has 0 aliphatic carbocycles. The van der Waals surface area contributed by atoms with Gasteiger partial charge in [-0.15, -0.1) is 0 Å². The fraction of sp³-hybridized carbons (Fsp3) is 0.355. The van der Waals surface area contributed by atoms with Gasteiger partial charge >= 0.3 is 0 Å². The molecule has 0 unspecified atom stereocenters. The van der Waals surface area contributed by atoms with E-state index in [0.29, 0.717) is 18.7 Å². The van der Waals surface area contributed by atoms with Gasteiger partial charge in [0.1, 0.15) is 12.6 Å². The van der Waals surface area contributed by atoms with Gasteiger partial charge in [-0.25, -0.2) is 8.42 Å². The largest absolute Gasteiger partial charge is 0.354 e. The quantitative estimate of drug-likeness (QED) is 0.359. The number of sulfonamides is 1. The van der Waals surface area contributed by atoms with Gasteiger partial charge in [-0.05, 0) is 55.5 Å². The van der Waals surface area contributed by atoms with Gasteiger partial charge in [0, 0.05) is 19.5 Å². The zero-order valence-electron chi connectivity index (χ0n) is 23.5. The van der Waals surface area contributed by atoms with E-state index in [1.54, 1.807) is 12.1 Å². The number of nitrogens with one attached hydrogen (secondary N) is 1. The van der Waals surface area contributed by atoms with Gasteiger partial charge in [-0.1, -0.05) is 79.2 Å². The SMILES string of the molecule is CCCNC(=O)[C@H](Cc1ccccc1)N(Cc1cccc(C)c1)C(=O)CN(c1cccc(C)c1C)S(C)(=O)=O. The van der Waals surface area contributed by atoms with E-state index >= 15 is 0 Å². The van der Waals surface area contributed by atoms with E-state index in [-0.39, 0.29) is 12.5 Å². The molecule has 7 nitrogen and oxygen atoms in total. The lowest BCUT2D eigenvalue weighted by Crippen LogP contribution is -2.53. The average molecular weight is 550 g/mol. The molecule has 208 valence electrons. The number of carbonyl (C=O) groups excluding carboxylic acids is 2. The van der Waals surface area contributed by atoms with Crippen molar-refractivity contribution in [3.8, 4) is 0 Å². The van der Waals surface area contributed by atoms with Crippen LogP contribution in [0.1, 0.15) is 41.2 Å². The molecule has 1 N–H and O–H groups in total. The Morgan fingerprint density at radius 2 is 1.56 bits per heavy atom. The van der Waals surface area contributed by atoms with Crippen molar-refractivity contribution in [2.45, 2.75) is 53.1 Å². The standard InChI is InChI=1S/C31H39N3O4S/c1-6-18-32-31(36)29(20-26-14-8-7-9-15-26)33(21-27-16-10-12-23(2)19-27)30(35)22-34(39(5,37)38)28-17-11-13-24(3)25(28)4/h7-17,19,29H,6,18,20-22H2,1-5H3,(H,32,36)/t29-/m0/s1. The topological polar surface area (TPSA) is 86.8 Å². The van der Waals surface area contributed by atoms with E-state index in [0.717, 1.165) is 44.8 Å². The van der Waals surface area contributed by atoms with Crippen LogP contribution in [0, 0.1) is 20.8 Å². The first-order valence-electron chi connectivity index (χ1n) is 13.2. The molecule has 0 fully saturated rings. The second-order valence-electron chi connectivity index (χ2n) is 10.00. The van der Waals surface area contributed by atoms with Crippen LogP contribution in [-0.4, -0.2) is 50.5 Å². The summed E-state index contributed by atoms with van der Waals surface area (Å²) in [5.74, 6) is -0.713. The molecule has 39 heavy (non-hydrogen) atoms. The molecule has 0 spiro atoms. The van der Waals surface area contributed by atoms with Crippen LogP contribution in [0.15, 0.2) is 72.8 Å². The molecule has 0 saturated carbocycles. The van der Waals surface area contributed by atoms with Crippen molar-refractivity contribution in [3.63, 3.8) is 0 Å². The zero-order valence-corrected chi connectivity index (χ0v) is 24.3. The summed E-state index contributed by atoms with van der Waals surface area (Å²) >= 11 is 0. The highest BCUT2D eigenvalue weighted by Gasteiger charge is 2.33. The Balaban J connectivity index is 2.07. The first-order chi connectivity index (χ1) is 18.5. The van der Waals surface area contributed by atoms with Crippen LogP contribution in [-0.2, 0) is 32.6 Å². The number of benzene rings is 3. The van der Waals surface area contributed by atoms with Crippen LogP contribution in [0.2, 0.25) is 0 Å². The molecule has 8 heteroatoms. The van der Waals surface area contributed by atoms with Crippen LogP contribution < -0.4 is 9.62 Å². The Bertz CT molecular complexity index is 1390. The second kappa shape index (κ2) is 13.4. The maximum absolute atomic E-state index is 14.1. The maximum atomic E-state index is 14.1. The van der Waals surface area contributed by atoms with Crippen LogP contribution in [0.5, 0.6) is 0 Å². The molecular weight excluding hydrogens is 510 g/mol. The number of anilines is 1. The smallest absolute Gasteiger partial charge is 0.244 e. The molecule has 0 aromatic heterocycles. The number of aryl methyl sites for hydroxylation is 2. The van der Waals surface area contributed by atoms with Crippen LogP contribution >= 0.6 is 0 Å². The summed E-state index contributed by atoms with van der Waals surface area (Å²) in [6, 6.07) is 21.9. The van der Waals surface area contributed by atoms with Crippen molar-refractivity contribution in [2.75, 3.05) is 23.7 Å². The summed E-state index contributed by atoms with van der Waals surface area (Å²) < 4.78 is 27.1. The molecule has 3 aromatic rings. The van der Waals surface area contributed by atoms with Crippen molar-refractivity contribution in [1.82, 2.24) is 10.2 Å². The molecule has 2 amide bonds. The molecule has 0 heterocycles. The molecule has 0 saturated heterocycles. The van der Waals surface area contributed by atoms with Gasteiger partial charge in [0.05, 0.1) is 11.9 Å². The van der Waals surface area contributed by atoms with Crippen LogP contribution in [0.4, 0.5) is 5.69 Å². The van der Waals surface area contributed by atoms with Gasteiger partial charge in [0.2, 0.25) is 21.8 Å². The lowest BCUT2D eigenvalue weighted by molar-refractivity contribution is -0.140. The van der Waals surface area contributed by atoms with E-state index in [2.05, 4.69) is 5.32 Å². The Morgan fingerprint density at radius 3 is 2.21 bits per heavy atom. The fourth-order valence-electron chi connectivity index (χ4n) is 4.53. The summed E-state index contributed by atoms with van der Waals surface area (Å²) in [6.07, 6.45) is 2.16. The predicted molar refractivity (Wildman–Crippen MR) is 157 cm³/mol. The van der Waals surface area contributed by atoms with Crippen molar-refractivity contribution >= 4 is 27.5 Å². The van der Waals surface area contributed by atoms with Crippen molar-refractivity contribution < 1.29 is 18.0 Å². The summed E-state index contributed by atoms with van der Waals surface area (Å²) in [7, 11) is -3.80. The molecule has 3 aromatic carbocycles. The van der Waals surface area contributed by atoms with Crippen molar-refractivity contribution in [3.05, 3.63) is 101 Å². The predicted octanol–water partition coefficient (Wildman–Crippen LogP) is 4.54. The molecular formula is C31H39N3O4S.